The third-order valence-electron chi connectivity index (χ3n) is 5.00. The number of rotatable bonds is 4. The van der Waals surface area contributed by atoms with Crippen molar-refractivity contribution in [3.05, 3.63) is 36.9 Å². The zero-order valence-electron chi connectivity index (χ0n) is 13.4. The highest BCUT2D eigenvalue weighted by molar-refractivity contribution is 7.89. The highest BCUT2D eigenvalue weighted by atomic mass is 32.2. The number of fused-ring (bicyclic) bond motifs is 1. The molecule has 24 heavy (non-hydrogen) atoms. The van der Waals surface area contributed by atoms with E-state index in [1.807, 2.05) is 12.1 Å². The van der Waals surface area contributed by atoms with Gasteiger partial charge in [-0.2, -0.15) is 9.40 Å². The summed E-state index contributed by atoms with van der Waals surface area (Å²) in [6.07, 6.45) is 8.38. The van der Waals surface area contributed by atoms with E-state index in [1.54, 1.807) is 29.9 Å². The maximum absolute atomic E-state index is 12.8. The van der Waals surface area contributed by atoms with E-state index in [4.69, 9.17) is 4.74 Å². The summed E-state index contributed by atoms with van der Waals surface area (Å²) < 4.78 is 34.7. The lowest BCUT2D eigenvalue weighted by Crippen LogP contribution is -2.32. The van der Waals surface area contributed by atoms with E-state index < -0.39 is 10.0 Å². The largest absolute Gasteiger partial charge is 0.488 e. The molecule has 0 N–H and O–H groups in total. The molecule has 4 rings (SSSR count). The Morgan fingerprint density at radius 2 is 2.12 bits per heavy atom. The number of aromatic nitrogens is 3. The lowest BCUT2D eigenvalue weighted by molar-refractivity contribution is 0.154. The van der Waals surface area contributed by atoms with Gasteiger partial charge in [-0.1, -0.05) is 0 Å². The molecule has 0 spiro atoms. The van der Waals surface area contributed by atoms with Crippen LogP contribution < -0.4 is 4.74 Å². The highest BCUT2D eigenvalue weighted by Gasteiger charge is 2.47. The van der Waals surface area contributed by atoms with Gasteiger partial charge in [-0.3, -0.25) is 9.67 Å². The van der Waals surface area contributed by atoms with Gasteiger partial charge in [0.25, 0.3) is 0 Å². The molecule has 2 aliphatic rings. The molecule has 3 atom stereocenters. The van der Waals surface area contributed by atoms with Gasteiger partial charge < -0.3 is 4.74 Å². The fourth-order valence-corrected chi connectivity index (χ4v) is 5.31. The first-order chi connectivity index (χ1) is 11.5. The topological polar surface area (TPSA) is 77.3 Å². The minimum Gasteiger partial charge on any atom is -0.488 e. The van der Waals surface area contributed by atoms with E-state index in [2.05, 4.69) is 10.1 Å². The maximum atomic E-state index is 12.8. The Morgan fingerprint density at radius 1 is 1.25 bits per heavy atom. The van der Waals surface area contributed by atoms with Crippen molar-refractivity contribution < 1.29 is 13.2 Å². The Balaban J connectivity index is 1.50. The van der Waals surface area contributed by atoms with Crippen LogP contribution in [0.25, 0.3) is 0 Å². The zero-order chi connectivity index (χ0) is 16.7. The normalized spacial score (nSPS) is 27.3. The summed E-state index contributed by atoms with van der Waals surface area (Å²) in [5.74, 6) is 1.34. The lowest BCUT2D eigenvalue weighted by atomic mass is 9.99. The summed E-state index contributed by atoms with van der Waals surface area (Å²) in [5.41, 5.74) is 0. The van der Waals surface area contributed by atoms with Crippen molar-refractivity contribution in [2.75, 3.05) is 13.1 Å². The molecule has 8 heteroatoms. The second-order valence-electron chi connectivity index (χ2n) is 6.52. The van der Waals surface area contributed by atoms with Crippen molar-refractivity contribution >= 4 is 10.0 Å². The standard InChI is InChI=1S/C16H20N4O3S/c1-19-10-14(8-18-19)24(21,22)20-9-12-4-5-16(15(12)11-20)23-13-3-2-6-17-7-13/h2-3,6-8,10,12,15-16H,4-5,9,11H2,1H3/t12-,15+,16-/m1/s1. The highest BCUT2D eigenvalue weighted by Crippen LogP contribution is 2.41. The summed E-state index contributed by atoms with van der Waals surface area (Å²) in [7, 11) is -1.76. The van der Waals surface area contributed by atoms with E-state index in [1.165, 1.54) is 10.9 Å². The number of pyridine rings is 1. The van der Waals surface area contributed by atoms with Crippen molar-refractivity contribution in [3.63, 3.8) is 0 Å². The SMILES string of the molecule is Cn1cc(S(=O)(=O)N2C[C@H]3CC[C@@H](Oc4cccnc4)[C@H]3C2)cn1. The van der Waals surface area contributed by atoms with Crippen molar-refractivity contribution in [2.24, 2.45) is 18.9 Å². The van der Waals surface area contributed by atoms with E-state index in [9.17, 15) is 8.42 Å². The Bertz CT molecular complexity index is 821. The number of hydrogen-bond acceptors (Lipinski definition) is 5. The molecule has 2 aromatic heterocycles. The van der Waals surface area contributed by atoms with Crippen LogP contribution in [0.4, 0.5) is 0 Å². The van der Waals surface area contributed by atoms with Crippen LogP contribution in [-0.4, -0.2) is 46.7 Å². The fraction of sp³-hybridized carbons (Fsp3) is 0.500. The van der Waals surface area contributed by atoms with Crippen LogP contribution in [0.3, 0.4) is 0 Å². The first-order valence-electron chi connectivity index (χ1n) is 8.09. The molecule has 0 unspecified atom stereocenters. The van der Waals surface area contributed by atoms with Crippen LogP contribution in [0, 0.1) is 11.8 Å². The number of ether oxygens (including phenoxy) is 1. The molecule has 1 aliphatic carbocycles. The van der Waals surface area contributed by atoms with Gasteiger partial charge in [0, 0.05) is 38.4 Å². The Hall–Kier alpha value is -1.93. The second-order valence-corrected chi connectivity index (χ2v) is 8.46. The van der Waals surface area contributed by atoms with Crippen molar-refractivity contribution in [3.8, 4) is 5.75 Å². The molecule has 0 radical (unpaired) electrons. The Kier molecular flexibility index (Phi) is 3.80. The molecule has 0 aromatic carbocycles. The molecule has 0 amide bonds. The number of aryl methyl sites for hydroxylation is 1. The van der Waals surface area contributed by atoms with Crippen LogP contribution in [0.5, 0.6) is 5.75 Å². The molecule has 1 saturated heterocycles. The fourth-order valence-electron chi connectivity index (χ4n) is 3.79. The molecule has 2 aromatic rings. The summed E-state index contributed by atoms with van der Waals surface area (Å²) in [4.78, 5) is 4.33. The van der Waals surface area contributed by atoms with Crippen molar-refractivity contribution in [2.45, 2.75) is 23.8 Å². The monoisotopic (exact) mass is 348 g/mol. The van der Waals surface area contributed by atoms with E-state index in [0.29, 0.717) is 19.0 Å². The predicted molar refractivity (Wildman–Crippen MR) is 86.8 cm³/mol. The molecule has 1 saturated carbocycles. The van der Waals surface area contributed by atoms with Crippen LogP contribution in [0.15, 0.2) is 41.8 Å². The predicted octanol–water partition coefficient (Wildman–Crippen LogP) is 1.29. The van der Waals surface area contributed by atoms with E-state index in [0.717, 1.165) is 18.6 Å². The van der Waals surface area contributed by atoms with Crippen LogP contribution in [-0.2, 0) is 17.1 Å². The summed E-state index contributed by atoms with van der Waals surface area (Å²) >= 11 is 0. The molecule has 3 heterocycles. The van der Waals surface area contributed by atoms with Crippen LogP contribution in [0.1, 0.15) is 12.8 Å². The first kappa shape index (κ1) is 15.6. The number of hydrogen-bond donors (Lipinski definition) is 0. The minimum absolute atomic E-state index is 0.0494. The number of sulfonamides is 1. The second kappa shape index (κ2) is 5.86. The van der Waals surface area contributed by atoms with Gasteiger partial charge in [-0.05, 0) is 30.9 Å². The quantitative estimate of drug-likeness (QED) is 0.832. The van der Waals surface area contributed by atoms with Crippen LogP contribution >= 0.6 is 0 Å². The minimum atomic E-state index is -3.47. The van der Waals surface area contributed by atoms with E-state index in [-0.39, 0.29) is 16.9 Å². The molecular weight excluding hydrogens is 328 g/mol. The molecule has 128 valence electrons. The maximum Gasteiger partial charge on any atom is 0.246 e. The average molecular weight is 348 g/mol. The zero-order valence-corrected chi connectivity index (χ0v) is 14.3. The van der Waals surface area contributed by atoms with Gasteiger partial charge in [0.15, 0.2) is 0 Å². The van der Waals surface area contributed by atoms with Gasteiger partial charge in [0.2, 0.25) is 10.0 Å². The number of nitrogens with zero attached hydrogens (tertiary/aromatic N) is 4. The summed E-state index contributed by atoms with van der Waals surface area (Å²) in [6, 6.07) is 3.73. The average Bonchev–Trinajstić information content (AvgIpc) is 3.26. The van der Waals surface area contributed by atoms with Gasteiger partial charge in [0.05, 0.1) is 12.4 Å². The summed E-state index contributed by atoms with van der Waals surface area (Å²) in [6.45, 7) is 1.07. The molecule has 2 fully saturated rings. The third-order valence-corrected chi connectivity index (χ3v) is 6.78. The van der Waals surface area contributed by atoms with E-state index >= 15 is 0 Å². The molecule has 0 bridgehead atoms. The van der Waals surface area contributed by atoms with Gasteiger partial charge in [-0.25, -0.2) is 8.42 Å². The lowest BCUT2D eigenvalue weighted by Gasteiger charge is -2.21. The molecule has 7 nitrogen and oxygen atoms in total. The molecule has 1 aliphatic heterocycles. The van der Waals surface area contributed by atoms with Gasteiger partial charge in [-0.15, -0.1) is 0 Å². The molecular formula is C16H20N4O3S. The third kappa shape index (κ3) is 2.69. The summed E-state index contributed by atoms with van der Waals surface area (Å²) in [5, 5.41) is 3.98. The van der Waals surface area contributed by atoms with Crippen molar-refractivity contribution in [1.82, 2.24) is 19.1 Å². The Morgan fingerprint density at radius 3 is 2.83 bits per heavy atom. The van der Waals surface area contributed by atoms with Crippen LogP contribution in [0.2, 0.25) is 0 Å². The van der Waals surface area contributed by atoms with Gasteiger partial charge >= 0.3 is 0 Å². The van der Waals surface area contributed by atoms with Gasteiger partial charge in [0.1, 0.15) is 16.7 Å². The Labute approximate surface area is 141 Å². The smallest absolute Gasteiger partial charge is 0.246 e. The first-order valence-corrected chi connectivity index (χ1v) is 9.53. The van der Waals surface area contributed by atoms with Crippen molar-refractivity contribution in [1.29, 1.82) is 0 Å².